The zero-order chi connectivity index (χ0) is 16.8. The molecule has 0 saturated heterocycles. The van der Waals surface area contributed by atoms with Gasteiger partial charge in [-0.25, -0.2) is 8.42 Å². The molecule has 0 aliphatic rings. The van der Waals surface area contributed by atoms with Crippen molar-refractivity contribution < 1.29 is 13.2 Å². The Bertz CT molecular complexity index is 583. The number of amides is 1. The largest absolute Gasteiger partial charge is 0.352 e. The van der Waals surface area contributed by atoms with Crippen molar-refractivity contribution in [2.75, 3.05) is 44.3 Å². The van der Waals surface area contributed by atoms with Gasteiger partial charge in [-0.05, 0) is 58.3 Å². The normalized spacial score (nSPS) is 11.5. The number of benzene rings is 1. The third kappa shape index (κ3) is 5.31. The van der Waals surface area contributed by atoms with Gasteiger partial charge < -0.3 is 10.2 Å². The summed E-state index contributed by atoms with van der Waals surface area (Å²) in [6, 6.07) is 6.56. The molecule has 7 heteroatoms. The van der Waals surface area contributed by atoms with Gasteiger partial charge in [0.15, 0.2) is 0 Å². The van der Waals surface area contributed by atoms with Crippen LogP contribution in [0.4, 0.5) is 5.69 Å². The van der Waals surface area contributed by atoms with E-state index in [4.69, 9.17) is 0 Å². The number of carbonyl (C=O) groups is 1. The molecular formula is C15H25N3O3S. The van der Waals surface area contributed by atoms with Gasteiger partial charge in [0.05, 0.1) is 11.4 Å². The molecule has 0 aliphatic heterocycles. The molecule has 1 aromatic rings. The molecule has 0 bridgehead atoms. The van der Waals surface area contributed by atoms with Crippen molar-refractivity contribution >= 4 is 21.6 Å². The highest BCUT2D eigenvalue weighted by Crippen LogP contribution is 2.17. The first-order valence-electron chi connectivity index (χ1n) is 7.27. The molecule has 124 valence electrons. The molecular weight excluding hydrogens is 302 g/mol. The molecule has 1 aromatic carbocycles. The Morgan fingerprint density at radius 1 is 1.14 bits per heavy atom. The number of anilines is 1. The van der Waals surface area contributed by atoms with E-state index in [1.165, 1.54) is 11.4 Å². The summed E-state index contributed by atoms with van der Waals surface area (Å²) in [5.74, 6) is -0.108. The van der Waals surface area contributed by atoms with E-state index in [1.807, 2.05) is 14.1 Å². The zero-order valence-electron chi connectivity index (χ0n) is 13.7. The van der Waals surface area contributed by atoms with E-state index in [-0.39, 0.29) is 11.7 Å². The van der Waals surface area contributed by atoms with Crippen LogP contribution in [0.15, 0.2) is 24.3 Å². The highest BCUT2D eigenvalue weighted by molar-refractivity contribution is 7.92. The summed E-state index contributed by atoms with van der Waals surface area (Å²) in [4.78, 5) is 14.0. The monoisotopic (exact) mass is 327 g/mol. The van der Waals surface area contributed by atoms with Crippen molar-refractivity contribution in [3.63, 3.8) is 0 Å². The molecule has 0 spiro atoms. The van der Waals surface area contributed by atoms with Crippen LogP contribution < -0.4 is 9.62 Å². The molecule has 0 heterocycles. The first-order chi connectivity index (χ1) is 10.3. The van der Waals surface area contributed by atoms with Crippen molar-refractivity contribution in [2.24, 2.45) is 0 Å². The molecule has 0 fully saturated rings. The van der Waals surface area contributed by atoms with E-state index < -0.39 is 10.0 Å². The number of carbonyl (C=O) groups excluding carboxylic acids is 1. The molecule has 0 saturated carbocycles. The molecule has 1 N–H and O–H groups in total. The van der Waals surface area contributed by atoms with E-state index in [2.05, 4.69) is 10.2 Å². The molecule has 22 heavy (non-hydrogen) atoms. The van der Waals surface area contributed by atoms with Gasteiger partial charge in [0.2, 0.25) is 10.0 Å². The van der Waals surface area contributed by atoms with Crippen molar-refractivity contribution in [1.82, 2.24) is 10.2 Å². The Labute approximate surface area is 133 Å². The van der Waals surface area contributed by atoms with Gasteiger partial charge >= 0.3 is 0 Å². The fraction of sp³-hybridized carbons (Fsp3) is 0.533. The third-order valence-electron chi connectivity index (χ3n) is 3.34. The lowest BCUT2D eigenvalue weighted by molar-refractivity contribution is 0.0952. The number of sulfonamides is 1. The number of nitrogens with one attached hydrogen (secondary N) is 1. The van der Waals surface area contributed by atoms with E-state index in [9.17, 15) is 13.2 Å². The second-order valence-corrected chi connectivity index (χ2v) is 7.62. The van der Waals surface area contributed by atoms with Crippen LogP contribution in [-0.4, -0.2) is 59.2 Å². The van der Waals surface area contributed by atoms with Crippen LogP contribution in [0.2, 0.25) is 0 Å². The van der Waals surface area contributed by atoms with Crippen LogP contribution in [-0.2, 0) is 10.0 Å². The minimum Gasteiger partial charge on any atom is -0.352 e. The maximum atomic E-state index is 12.0. The fourth-order valence-electron chi connectivity index (χ4n) is 1.88. The van der Waals surface area contributed by atoms with E-state index in [0.29, 0.717) is 17.8 Å². The Hall–Kier alpha value is -1.60. The number of rotatable bonds is 8. The Morgan fingerprint density at radius 3 is 2.23 bits per heavy atom. The first-order valence-corrected chi connectivity index (χ1v) is 8.88. The van der Waals surface area contributed by atoms with Gasteiger partial charge in [0, 0.05) is 19.2 Å². The van der Waals surface area contributed by atoms with Crippen molar-refractivity contribution in [2.45, 2.75) is 13.3 Å². The Kier molecular flexibility index (Phi) is 6.83. The lowest BCUT2D eigenvalue weighted by atomic mass is 10.2. The van der Waals surface area contributed by atoms with Crippen LogP contribution in [0.3, 0.4) is 0 Å². The molecule has 0 atom stereocenters. The maximum Gasteiger partial charge on any atom is 0.251 e. The lowest BCUT2D eigenvalue weighted by Gasteiger charge is -2.18. The van der Waals surface area contributed by atoms with E-state index in [1.54, 1.807) is 31.2 Å². The average molecular weight is 327 g/mol. The predicted molar refractivity (Wildman–Crippen MR) is 89.8 cm³/mol. The van der Waals surface area contributed by atoms with Crippen LogP contribution in [0.1, 0.15) is 23.7 Å². The van der Waals surface area contributed by atoms with Gasteiger partial charge in [-0.3, -0.25) is 9.10 Å². The molecule has 0 radical (unpaired) electrons. The van der Waals surface area contributed by atoms with E-state index in [0.717, 1.165) is 13.0 Å². The smallest absolute Gasteiger partial charge is 0.251 e. The van der Waals surface area contributed by atoms with Crippen LogP contribution >= 0.6 is 0 Å². The SMILES string of the molecule is CCS(=O)(=O)N(C)c1ccc(C(=O)NCCCN(C)C)cc1. The summed E-state index contributed by atoms with van der Waals surface area (Å²) in [5, 5.41) is 2.85. The Morgan fingerprint density at radius 2 is 1.73 bits per heavy atom. The summed E-state index contributed by atoms with van der Waals surface area (Å²) in [6.07, 6.45) is 0.883. The second kappa shape index (κ2) is 8.14. The molecule has 0 aliphatic carbocycles. The molecule has 1 amide bonds. The van der Waals surface area contributed by atoms with Gasteiger partial charge in [-0.2, -0.15) is 0 Å². The minimum absolute atomic E-state index is 0.0393. The number of nitrogens with zero attached hydrogens (tertiary/aromatic N) is 2. The van der Waals surface area contributed by atoms with Gasteiger partial charge in [0.1, 0.15) is 0 Å². The summed E-state index contributed by atoms with van der Waals surface area (Å²) >= 11 is 0. The van der Waals surface area contributed by atoms with Crippen LogP contribution in [0, 0.1) is 0 Å². The molecule has 1 rings (SSSR count). The van der Waals surface area contributed by atoms with Gasteiger partial charge in [0.25, 0.3) is 5.91 Å². The highest BCUT2D eigenvalue weighted by atomic mass is 32.2. The van der Waals surface area contributed by atoms with Crippen molar-refractivity contribution in [3.05, 3.63) is 29.8 Å². The second-order valence-electron chi connectivity index (χ2n) is 5.33. The summed E-state index contributed by atoms with van der Waals surface area (Å²) in [7, 11) is 2.20. The quantitative estimate of drug-likeness (QED) is 0.727. The number of hydrogen-bond acceptors (Lipinski definition) is 4. The van der Waals surface area contributed by atoms with Crippen molar-refractivity contribution in [3.8, 4) is 0 Å². The lowest BCUT2D eigenvalue weighted by Crippen LogP contribution is -2.28. The topological polar surface area (TPSA) is 69.7 Å². The minimum atomic E-state index is -3.28. The third-order valence-corrected chi connectivity index (χ3v) is 5.12. The molecule has 0 unspecified atom stereocenters. The average Bonchev–Trinajstić information content (AvgIpc) is 2.50. The van der Waals surface area contributed by atoms with Crippen LogP contribution in [0.25, 0.3) is 0 Å². The maximum absolute atomic E-state index is 12.0. The van der Waals surface area contributed by atoms with Gasteiger partial charge in [-0.15, -0.1) is 0 Å². The fourth-order valence-corrected chi connectivity index (χ4v) is 2.71. The highest BCUT2D eigenvalue weighted by Gasteiger charge is 2.16. The summed E-state index contributed by atoms with van der Waals surface area (Å²) < 4.78 is 24.8. The van der Waals surface area contributed by atoms with Crippen LogP contribution in [0.5, 0.6) is 0 Å². The first kappa shape index (κ1) is 18.4. The van der Waals surface area contributed by atoms with Crippen molar-refractivity contribution in [1.29, 1.82) is 0 Å². The zero-order valence-corrected chi connectivity index (χ0v) is 14.5. The number of hydrogen-bond donors (Lipinski definition) is 1. The Balaban J connectivity index is 2.63. The summed E-state index contributed by atoms with van der Waals surface area (Å²) in [5.41, 5.74) is 1.07. The molecule has 6 nitrogen and oxygen atoms in total. The summed E-state index contributed by atoms with van der Waals surface area (Å²) in [6.45, 7) is 3.13. The predicted octanol–water partition coefficient (Wildman–Crippen LogP) is 1.15. The molecule has 0 aromatic heterocycles. The van der Waals surface area contributed by atoms with Gasteiger partial charge in [-0.1, -0.05) is 0 Å². The standard InChI is InChI=1S/C15H25N3O3S/c1-5-22(20,21)18(4)14-9-7-13(8-10-14)15(19)16-11-6-12-17(2)3/h7-10H,5-6,11-12H2,1-4H3,(H,16,19). The van der Waals surface area contributed by atoms with E-state index >= 15 is 0 Å².